The lowest BCUT2D eigenvalue weighted by atomic mass is 10.2. The number of hydrogen-bond acceptors (Lipinski definition) is 4. The van der Waals surface area contributed by atoms with Crippen LogP contribution >= 0.6 is 15.9 Å². The molecule has 2 rings (SSSR count). The number of anilines is 2. The van der Waals surface area contributed by atoms with E-state index in [2.05, 4.69) is 21.2 Å². The molecule has 0 spiro atoms. The molecule has 6 nitrogen and oxygen atoms in total. The summed E-state index contributed by atoms with van der Waals surface area (Å²) >= 11 is 3.40. The summed E-state index contributed by atoms with van der Waals surface area (Å²) in [6, 6.07) is 14.7. The number of carbonyl (C=O) groups excluding carboxylic acids is 2. The first-order chi connectivity index (χ1) is 12.0. The van der Waals surface area contributed by atoms with Gasteiger partial charge in [0.25, 0.3) is 0 Å². The molecule has 0 fully saturated rings. The van der Waals surface area contributed by atoms with Crippen molar-refractivity contribution in [2.24, 2.45) is 5.73 Å². The third-order valence-corrected chi connectivity index (χ3v) is 4.24. The maximum absolute atomic E-state index is 12.4. The molecular formula is C18H20BrN3O3. The largest absolute Gasteiger partial charge is 0.497 e. The second kappa shape index (κ2) is 9.08. The molecule has 3 N–H and O–H groups in total. The molecule has 0 heterocycles. The Kier molecular flexibility index (Phi) is 6.82. The van der Waals surface area contributed by atoms with Crippen molar-refractivity contribution in [3.63, 3.8) is 0 Å². The number of halogens is 1. The van der Waals surface area contributed by atoms with Crippen molar-refractivity contribution in [1.82, 2.24) is 0 Å². The molecule has 0 unspecified atom stereocenters. The summed E-state index contributed by atoms with van der Waals surface area (Å²) in [6.07, 6.45) is 0.161. The highest BCUT2D eigenvalue weighted by Gasteiger charge is 2.14. The fraction of sp³-hybridized carbons (Fsp3) is 0.222. The molecule has 25 heavy (non-hydrogen) atoms. The second-order valence-corrected chi connectivity index (χ2v) is 6.22. The number of benzene rings is 2. The van der Waals surface area contributed by atoms with Gasteiger partial charge in [0.05, 0.1) is 19.3 Å². The van der Waals surface area contributed by atoms with E-state index in [1.165, 1.54) is 0 Å². The monoisotopic (exact) mass is 405 g/mol. The fourth-order valence-electron chi connectivity index (χ4n) is 2.26. The predicted octanol–water partition coefficient (Wildman–Crippen LogP) is 2.78. The molecule has 132 valence electrons. The molecule has 0 radical (unpaired) electrons. The minimum atomic E-state index is -0.412. The average Bonchev–Trinajstić information content (AvgIpc) is 2.60. The lowest BCUT2D eigenvalue weighted by Crippen LogP contribution is -2.35. The highest BCUT2D eigenvalue weighted by Crippen LogP contribution is 2.22. The van der Waals surface area contributed by atoms with Gasteiger partial charge in [-0.05, 0) is 52.3 Å². The summed E-state index contributed by atoms with van der Waals surface area (Å²) in [6.45, 7) is 0.450. The third-order valence-electron chi connectivity index (χ3n) is 3.55. The summed E-state index contributed by atoms with van der Waals surface area (Å²) in [5, 5.41) is 2.85. The van der Waals surface area contributed by atoms with Crippen molar-refractivity contribution in [3.05, 3.63) is 53.0 Å². The maximum Gasteiger partial charge on any atom is 0.243 e. The summed E-state index contributed by atoms with van der Waals surface area (Å²) < 4.78 is 5.95. The maximum atomic E-state index is 12.4. The molecule has 0 bridgehead atoms. The summed E-state index contributed by atoms with van der Waals surface area (Å²) in [5.74, 6) is 0.119. The summed E-state index contributed by atoms with van der Waals surface area (Å²) in [5.41, 5.74) is 6.75. The first-order valence-corrected chi connectivity index (χ1v) is 8.50. The molecule has 0 aliphatic rings. The van der Waals surface area contributed by atoms with Crippen LogP contribution < -0.4 is 20.7 Å². The Balaban J connectivity index is 2.10. The normalized spacial score (nSPS) is 10.2. The lowest BCUT2D eigenvalue weighted by molar-refractivity contribution is -0.118. The van der Waals surface area contributed by atoms with Gasteiger partial charge in [-0.1, -0.05) is 12.1 Å². The van der Waals surface area contributed by atoms with Crippen LogP contribution in [-0.4, -0.2) is 32.0 Å². The van der Waals surface area contributed by atoms with E-state index in [0.29, 0.717) is 12.2 Å². The first kappa shape index (κ1) is 18.8. The van der Waals surface area contributed by atoms with Gasteiger partial charge in [0.2, 0.25) is 11.8 Å². The van der Waals surface area contributed by atoms with Crippen LogP contribution in [0.25, 0.3) is 0 Å². The average molecular weight is 406 g/mol. The quantitative estimate of drug-likeness (QED) is 0.706. The van der Waals surface area contributed by atoms with Crippen LogP contribution in [0.4, 0.5) is 11.4 Å². The standard InChI is InChI=1S/C18H20BrN3O3/c1-25-14-8-6-13(7-9-14)22(11-10-17(20)23)12-18(24)21-16-5-3-2-4-15(16)19/h2-9H,10-12H2,1H3,(H2,20,23)(H,21,24). The van der Waals surface area contributed by atoms with Crippen molar-refractivity contribution in [1.29, 1.82) is 0 Å². The van der Waals surface area contributed by atoms with Gasteiger partial charge in [-0.15, -0.1) is 0 Å². The number of nitrogens with zero attached hydrogens (tertiary/aromatic N) is 1. The van der Waals surface area contributed by atoms with Crippen LogP contribution in [0.3, 0.4) is 0 Å². The Bertz CT molecular complexity index is 735. The molecule has 2 aromatic carbocycles. The van der Waals surface area contributed by atoms with E-state index in [1.54, 1.807) is 24.1 Å². The number of nitrogens with two attached hydrogens (primary N) is 1. The van der Waals surface area contributed by atoms with Crippen molar-refractivity contribution >= 4 is 39.1 Å². The molecule has 2 amide bonds. The van der Waals surface area contributed by atoms with Gasteiger partial charge in [0.15, 0.2) is 0 Å². The second-order valence-electron chi connectivity index (χ2n) is 5.36. The fourth-order valence-corrected chi connectivity index (χ4v) is 2.65. The zero-order valence-corrected chi connectivity index (χ0v) is 15.5. The Morgan fingerprint density at radius 3 is 2.44 bits per heavy atom. The van der Waals surface area contributed by atoms with Gasteiger partial charge in [-0.3, -0.25) is 9.59 Å². The smallest absolute Gasteiger partial charge is 0.243 e. The van der Waals surface area contributed by atoms with Crippen molar-refractivity contribution in [2.75, 3.05) is 30.4 Å². The molecule has 0 saturated heterocycles. The molecule has 0 aliphatic heterocycles. The van der Waals surface area contributed by atoms with E-state index < -0.39 is 5.91 Å². The molecule has 0 aliphatic carbocycles. The number of amides is 2. The van der Waals surface area contributed by atoms with Crippen LogP contribution in [0.2, 0.25) is 0 Å². The Morgan fingerprint density at radius 1 is 1.16 bits per heavy atom. The van der Waals surface area contributed by atoms with Crippen molar-refractivity contribution in [2.45, 2.75) is 6.42 Å². The minimum Gasteiger partial charge on any atom is -0.497 e. The molecule has 0 atom stereocenters. The van der Waals surface area contributed by atoms with Crippen molar-refractivity contribution in [3.8, 4) is 5.75 Å². The summed E-state index contributed by atoms with van der Waals surface area (Å²) in [7, 11) is 1.59. The van der Waals surface area contributed by atoms with E-state index in [4.69, 9.17) is 10.5 Å². The SMILES string of the molecule is COc1ccc(N(CCC(N)=O)CC(=O)Nc2ccccc2Br)cc1. The lowest BCUT2D eigenvalue weighted by Gasteiger charge is -2.24. The topological polar surface area (TPSA) is 84.7 Å². The number of hydrogen-bond donors (Lipinski definition) is 2. The Hall–Kier alpha value is -2.54. The molecule has 0 saturated carbocycles. The number of ether oxygens (including phenoxy) is 1. The van der Waals surface area contributed by atoms with E-state index >= 15 is 0 Å². The van der Waals surface area contributed by atoms with Gasteiger partial charge in [0, 0.05) is 23.1 Å². The molecule has 7 heteroatoms. The van der Waals surface area contributed by atoms with Crippen LogP contribution in [0.5, 0.6) is 5.75 Å². The number of para-hydroxylation sites is 1. The van der Waals surface area contributed by atoms with Crippen molar-refractivity contribution < 1.29 is 14.3 Å². The molecule has 2 aromatic rings. The zero-order chi connectivity index (χ0) is 18.2. The summed E-state index contributed by atoms with van der Waals surface area (Å²) in [4.78, 5) is 25.3. The molecule has 0 aromatic heterocycles. The first-order valence-electron chi connectivity index (χ1n) is 7.71. The van der Waals surface area contributed by atoms with E-state index in [0.717, 1.165) is 15.9 Å². The predicted molar refractivity (Wildman–Crippen MR) is 102 cm³/mol. The van der Waals surface area contributed by atoms with Gasteiger partial charge in [-0.25, -0.2) is 0 Å². The highest BCUT2D eigenvalue weighted by molar-refractivity contribution is 9.10. The number of rotatable bonds is 8. The number of methoxy groups -OCH3 is 1. The number of nitrogens with one attached hydrogen (secondary N) is 1. The van der Waals surface area contributed by atoms with Crippen LogP contribution in [0.15, 0.2) is 53.0 Å². The van der Waals surface area contributed by atoms with Gasteiger partial charge < -0.3 is 20.7 Å². The van der Waals surface area contributed by atoms with E-state index in [9.17, 15) is 9.59 Å². The van der Waals surface area contributed by atoms with E-state index in [1.807, 2.05) is 36.4 Å². The van der Waals surface area contributed by atoms with Crippen LogP contribution in [0.1, 0.15) is 6.42 Å². The van der Waals surface area contributed by atoms with Gasteiger partial charge in [0.1, 0.15) is 5.75 Å². The van der Waals surface area contributed by atoms with E-state index in [-0.39, 0.29) is 18.9 Å². The van der Waals surface area contributed by atoms with Crippen LogP contribution in [0, 0.1) is 0 Å². The Labute approximate surface area is 155 Å². The van der Waals surface area contributed by atoms with Gasteiger partial charge >= 0.3 is 0 Å². The third kappa shape index (κ3) is 5.79. The number of primary amides is 1. The van der Waals surface area contributed by atoms with Crippen LogP contribution in [-0.2, 0) is 9.59 Å². The minimum absolute atomic E-state index is 0.0982. The van der Waals surface area contributed by atoms with Gasteiger partial charge in [-0.2, -0.15) is 0 Å². The highest BCUT2D eigenvalue weighted by atomic mass is 79.9. The Morgan fingerprint density at radius 2 is 1.84 bits per heavy atom. The molecular weight excluding hydrogens is 386 g/mol. The number of carbonyl (C=O) groups is 2. The zero-order valence-electron chi connectivity index (χ0n) is 13.9.